The summed E-state index contributed by atoms with van der Waals surface area (Å²) in [5.74, 6) is -0.187. The quantitative estimate of drug-likeness (QED) is 0.483. The molecule has 3 N–H and O–H groups in total. The molecule has 0 aliphatic rings. The predicted molar refractivity (Wildman–Crippen MR) is 87.0 cm³/mol. The molecule has 123 valence electrons. The third kappa shape index (κ3) is 51.4. The Morgan fingerprint density at radius 1 is 0.545 bits per heavy atom. The van der Waals surface area contributed by atoms with Crippen molar-refractivity contribution in [1.82, 2.24) is 0 Å². The molecule has 0 heterocycles. The third-order valence-corrected chi connectivity index (χ3v) is 1.24. The molecule has 0 saturated carbocycles. The van der Waals surface area contributed by atoms with E-state index in [1.165, 1.54) is 59.8 Å². The molecule has 0 fully saturated rings. The van der Waals surface area contributed by atoms with Gasteiger partial charge in [-0.2, -0.15) is 0 Å². The number of carbonyl (C=O) groups is 3. The van der Waals surface area contributed by atoms with Gasteiger partial charge in [-0.05, 0) is 41.5 Å². The summed E-state index contributed by atoms with van der Waals surface area (Å²) in [6.45, 7) is 8.54. The summed E-state index contributed by atoms with van der Waals surface area (Å²) in [7, 11) is 0. The zero-order valence-electron chi connectivity index (χ0n) is 13.9. The first-order valence-electron chi connectivity index (χ1n) is 6.02. The summed E-state index contributed by atoms with van der Waals surface area (Å²) >= 11 is 0. The molecule has 6 nitrogen and oxygen atoms in total. The van der Waals surface area contributed by atoms with Crippen molar-refractivity contribution in [1.29, 1.82) is 0 Å². The maximum Gasteiger partial charge on any atom is 0.155 e. The van der Waals surface area contributed by atoms with Gasteiger partial charge >= 0.3 is 0 Å². The van der Waals surface area contributed by atoms with Crippen molar-refractivity contribution < 1.29 is 29.7 Å². The first-order valence-corrected chi connectivity index (χ1v) is 6.02. The smallest absolute Gasteiger partial charge is 0.155 e. The predicted octanol–water partition coefficient (Wildman–Crippen LogP) is 2.73. The Hall–Kier alpha value is -1.50. The zero-order valence-corrected chi connectivity index (χ0v) is 17.2. The van der Waals surface area contributed by atoms with Gasteiger partial charge in [0.2, 0.25) is 0 Å². The second-order valence-electron chi connectivity index (χ2n) is 4.19. The van der Waals surface area contributed by atoms with E-state index >= 15 is 0 Å². The summed E-state index contributed by atoms with van der Waals surface area (Å²) in [6, 6.07) is 0. The number of allylic oxidation sites excluding steroid dienone is 6. The first kappa shape index (κ1) is 28.6. The van der Waals surface area contributed by atoms with E-state index in [2.05, 4.69) is 0 Å². The van der Waals surface area contributed by atoms with Crippen LogP contribution in [0.25, 0.3) is 0 Å². The molecule has 0 aliphatic heterocycles. The number of aliphatic hydroxyl groups excluding tert-OH is 3. The van der Waals surface area contributed by atoms with E-state index in [0.717, 1.165) is 0 Å². The number of rotatable bonds is 3. The van der Waals surface area contributed by atoms with Crippen LogP contribution in [0.2, 0.25) is 0 Å². The normalized spacial score (nSPS) is 10.9. The molecule has 0 atom stereocenters. The average molecular weight is 415 g/mol. The van der Waals surface area contributed by atoms with Gasteiger partial charge in [0, 0.05) is 44.1 Å². The maximum absolute atomic E-state index is 10.0. The molecule has 0 spiro atoms. The zero-order chi connectivity index (χ0) is 17.6. The van der Waals surface area contributed by atoms with Crippen LogP contribution in [0.5, 0.6) is 0 Å². The van der Waals surface area contributed by atoms with Gasteiger partial charge in [-0.1, -0.05) is 0 Å². The number of aliphatic hydroxyl groups is 3. The van der Waals surface area contributed by atoms with E-state index in [-0.39, 0.29) is 60.5 Å². The van der Waals surface area contributed by atoms with Crippen LogP contribution in [0, 0.1) is 0 Å². The van der Waals surface area contributed by atoms with Crippen LogP contribution in [0.3, 0.4) is 0 Å². The van der Waals surface area contributed by atoms with E-state index in [1.54, 1.807) is 0 Å². The molecule has 0 aromatic heterocycles. The molecule has 0 aromatic rings. The van der Waals surface area contributed by atoms with Crippen LogP contribution in [-0.2, 0) is 14.4 Å². The summed E-state index contributed by atoms with van der Waals surface area (Å²) < 4.78 is 0. The standard InChI is InChI=1S/3C5H8O2.In/c3*1-4(6)3-5(2)7;/h3*3,6H,1-2H3;/b3*4-3-;. The van der Waals surface area contributed by atoms with Gasteiger partial charge in [-0.15, -0.1) is 0 Å². The minimum absolute atomic E-state index is 0. The van der Waals surface area contributed by atoms with Gasteiger partial charge < -0.3 is 15.3 Å². The summed E-state index contributed by atoms with van der Waals surface area (Å²) in [5.41, 5.74) is 0. The third-order valence-electron chi connectivity index (χ3n) is 1.24. The van der Waals surface area contributed by atoms with Crippen LogP contribution in [-0.4, -0.2) is 58.5 Å². The summed E-state index contributed by atoms with van der Waals surface area (Å²) in [6.07, 6.45) is 3.50. The van der Waals surface area contributed by atoms with Crippen molar-refractivity contribution >= 4 is 43.2 Å². The molecule has 22 heavy (non-hydrogen) atoms. The summed E-state index contributed by atoms with van der Waals surface area (Å²) in [5, 5.41) is 25.1. The van der Waals surface area contributed by atoms with Crippen molar-refractivity contribution in [3.05, 3.63) is 35.5 Å². The molecule has 0 amide bonds. The number of hydrogen-bond acceptors (Lipinski definition) is 6. The van der Waals surface area contributed by atoms with Crippen molar-refractivity contribution in [2.45, 2.75) is 41.5 Å². The van der Waals surface area contributed by atoms with Gasteiger partial charge in [-0.25, -0.2) is 0 Å². The monoisotopic (exact) mass is 415 g/mol. The van der Waals surface area contributed by atoms with E-state index in [9.17, 15) is 14.4 Å². The Morgan fingerprint density at radius 2 is 0.682 bits per heavy atom. The fourth-order valence-corrected chi connectivity index (χ4v) is 0.882. The van der Waals surface area contributed by atoms with Crippen molar-refractivity contribution in [3.63, 3.8) is 0 Å². The first-order chi connectivity index (χ1) is 9.38. The Kier molecular flexibility index (Phi) is 22.8. The fourth-order valence-electron chi connectivity index (χ4n) is 0.882. The Bertz CT molecular complexity index is 368. The Morgan fingerprint density at radius 3 is 0.682 bits per heavy atom. The van der Waals surface area contributed by atoms with Crippen molar-refractivity contribution in [2.75, 3.05) is 0 Å². The second kappa shape index (κ2) is 17.6. The van der Waals surface area contributed by atoms with Crippen LogP contribution >= 0.6 is 0 Å². The molecule has 3 radical (unpaired) electrons. The molecule has 0 unspecified atom stereocenters. The van der Waals surface area contributed by atoms with E-state index < -0.39 is 0 Å². The fraction of sp³-hybridized carbons (Fsp3) is 0.400. The van der Waals surface area contributed by atoms with Crippen LogP contribution < -0.4 is 0 Å². The van der Waals surface area contributed by atoms with Gasteiger partial charge in [0.25, 0.3) is 0 Å². The molecule has 0 bridgehead atoms. The van der Waals surface area contributed by atoms with Crippen molar-refractivity contribution in [2.24, 2.45) is 0 Å². The largest absolute Gasteiger partial charge is 0.512 e. The van der Waals surface area contributed by atoms with Crippen LogP contribution in [0.1, 0.15) is 41.5 Å². The Labute approximate surface area is 150 Å². The molecule has 0 aromatic carbocycles. The maximum atomic E-state index is 10.0. The van der Waals surface area contributed by atoms with Crippen LogP contribution in [0.4, 0.5) is 0 Å². The SMILES string of the molecule is CC(=O)/C=C(/C)O.CC(=O)/C=C(/C)O.CC(=O)/C=C(/C)O.[In]. The van der Waals surface area contributed by atoms with E-state index in [0.29, 0.717) is 0 Å². The average Bonchev–Trinajstić information content (AvgIpc) is 2.10. The molecule has 0 rings (SSSR count). The molecular weight excluding hydrogens is 391 g/mol. The molecule has 7 heteroatoms. The van der Waals surface area contributed by atoms with Gasteiger partial charge in [0.1, 0.15) is 0 Å². The molecule has 0 saturated heterocycles. The number of hydrogen-bond donors (Lipinski definition) is 3. The molecule has 0 aliphatic carbocycles. The molecular formula is C15H24InO6. The second-order valence-corrected chi connectivity index (χ2v) is 4.19. The van der Waals surface area contributed by atoms with E-state index in [4.69, 9.17) is 15.3 Å². The minimum Gasteiger partial charge on any atom is -0.512 e. The van der Waals surface area contributed by atoms with Crippen molar-refractivity contribution in [3.8, 4) is 0 Å². The van der Waals surface area contributed by atoms with Gasteiger partial charge in [0.15, 0.2) is 17.3 Å². The van der Waals surface area contributed by atoms with E-state index in [1.807, 2.05) is 0 Å². The Balaban J connectivity index is -0.000000108. The topological polar surface area (TPSA) is 112 Å². The van der Waals surface area contributed by atoms with Crippen LogP contribution in [0.15, 0.2) is 35.5 Å². The minimum atomic E-state index is -0.125. The van der Waals surface area contributed by atoms with Gasteiger partial charge in [0.05, 0.1) is 17.3 Å². The number of ketones is 3. The van der Waals surface area contributed by atoms with Gasteiger partial charge in [-0.3, -0.25) is 14.4 Å². The summed E-state index contributed by atoms with van der Waals surface area (Å²) in [4.78, 5) is 30.1. The number of carbonyl (C=O) groups excluding carboxylic acids is 3.